The molecule has 1 aliphatic heterocycles. The number of anilines is 2. The summed E-state index contributed by atoms with van der Waals surface area (Å²) in [6.45, 7) is 4.88. The number of benzene rings is 2. The largest absolute Gasteiger partial charge is 0.496 e. The van der Waals surface area contributed by atoms with E-state index in [0.717, 1.165) is 47.4 Å². The average molecular weight is 414 g/mol. The number of likely N-dealkylation sites (N-methyl/N-ethyl adjacent to an activating group) is 1. The van der Waals surface area contributed by atoms with Crippen molar-refractivity contribution >= 4 is 22.3 Å². The zero-order valence-electron chi connectivity index (χ0n) is 18.5. The Morgan fingerprint density at radius 1 is 0.968 bits per heavy atom. The third-order valence-corrected chi connectivity index (χ3v) is 5.99. The molecule has 0 unspecified atom stereocenters. The van der Waals surface area contributed by atoms with E-state index in [-0.39, 0.29) is 0 Å². The zero-order chi connectivity index (χ0) is 21.5. The Labute approximate surface area is 182 Å². The first-order valence-electron chi connectivity index (χ1n) is 10.5. The molecular formula is C25H27N5O. The van der Waals surface area contributed by atoms with Gasteiger partial charge in [0.2, 0.25) is 0 Å². The Hall–Kier alpha value is -3.38. The summed E-state index contributed by atoms with van der Waals surface area (Å²) in [5.74, 6) is 0.954. The van der Waals surface area contributed by atoms with E-state index in [4.69, 9.17) is 4.74 Å². The average Bonchev–Trinajstić information content (AvgIpc) is 3.13. The van der Waals surface area contributed by atoms with E-state index in [1.165, 1.54) is 22.5 Å². The minimum absolute atomic E-state index is 0.871. The highest BCUT2D eigenvalue weighted by molar-refractivity contribution is 5.87. The van der Waals surface area contributed by atoms with Gasteiger partial charge in [-0.25, -0.2) is 0 Å². The molecule has 0 N–H and O–H groups in total. The Balaban J connectivity index is 1.62. The van der Waals surface area contributed by atoms with Crippen LogP contribution in [0.5, 0.6) is 5.75 Å². The highest BCUT2D eigenvalue weighted by Crippen LogP contribution is 2.38. The van der Waals surface area contributed by atoms with E-state index < -0.39 is 0 Å². The summed E-state index contributed by atoms with van der Waals surface area (Å²) >= 11 is 0. The van der Waals surface area contributed by atoms with Gasteiger partial charge >= 0.3 is 0 Å². The third-order valence-electron chi connectivity index (χ3n) is 5.99. The molecule has 0 radical (unpaired) electrons. The molecule has 5 rings (SSSR count). The molecule has 0 saturated carbocycles. The van der Waals surface area contributed by atoms with Crippen molar-refractivity contribution in [2.75, 3.05) is 32.1 Å². The van der Waals surface area contributed by atoms with E-state index in [0.29, 0.717) is 0 Å². The summed E-state index contributed by atoms with van der Waals surface area (Å²) in [5, 5.41) is 5.42. The van der Waals surface area contributed by atoms with Crippen LogP contribution in [0.25, 0.3) is 22.0 Å². The number of methoxy groups -OCH3 is 1. The number of ether oxygens (including phenoxy) is 1. The predicted octanol–water partition coefficient (Wildman–Crippen LogP) is 4.54. The molecule has 6 nitrogen and oxygen atoms in total. The maximum absolute atomic E-state index is 5.75. The topological polar surface area (TPSA) is 46.4 Å². The van der Waals surface area contributed by atoms with Crippen LogP contribution in [0.3, 0.4) is 0 Å². The lowest BCUT2D eigenvalue weighted by atomic mass is 10.0. The van der Waals surface area contributed by atoms with Crippen LogP contribution < -0.4 is 9.64 Å². The van der Waals surface area contributed by atoms with Gasteiger partial charge in [0.1, 0.15) is 5.75 Å². The van der Waals surface area contributed by atoms with Gasteiger partial charge in [0, 0.05) is 72.5 Å². The van der Waals surface area contributed by atoms with E-state index in [2.05, 4.69) is 70.3 Å². The van der Waals surface area contributed by atoms with Crippen LogP contribution in [-0.2, 0) is 13.6 Å². The van der Waals surface area contributed by atoms with Gasteiger partial charge < -0.3 is 14.5 Å². The number of pyridine rings is 1. The van der Waals surface area contributed by atoms with Crippen molar-refractivity contribution in [3.63, 3.8) is 0 Å². The van der Waals surface area contributed by atoms with Gasteiger partial charge in [0.15, 0.2) is 0 Å². The van der Waals surface area contributed by atoms with Gasteiger partial charge in [-0.2, -0.15) is 5.10 Å². The first-order chi connectivity index (χ1) is 15.0. The third kappa shape index (κ3) is 3.64. The van der Waals surface area contributed by atoms with E-state index in [1.807, 2.05) is 30.3 Å². The van der Waals surface area contributed by atoms with Crippen LogP contribution in [0.1, 0.15) is 11.1 Å². The van der Waals surface area contributed by atoms with Gasteiger partial charge in [-0.15, -0.1) is 0 Å². The maximum atomic E-state index is 5.75. The quantitative estimate of drug-likeness (QED) is 0.494. The molecule has 2 aromatic heterocycles. The van der Waals surface area contributed by atoms with Crippen LogP contribution in [0.15, 0.2) is 55.0 Å². The highest BCUT2D eigenvalue weighted by Gasteiger charge is 2.23. The number of aromatic nitrogens is 3. The summed E-state index contributed by atoms with van der Waals surface area (Å²) in [7, 11) is 5.85. The van der Waals surface area contributed by atoms with Crippen molar-refractivity contribution in [3.05, 3.63) is 66.1 Å². The van der Waals surface area contributed by atoms with E-state index in [9.17, 15) is 0 Å². The van der Waals surface area contributed by atoms with Gasteiger partial charge in [-0.1, -0.05) is 0 Å². The van der Waals surface area contributed by atoms with Crippen molar-refractivity contribution in [1.82, 2.24) is 19.7 Å². The number of aryl methyl sites for hydroxylation is 2. The first-order valence-corrected chi connectivity index (χ1v) is 10.5. The molecule has 1 aliphatic rings. The minimum Gasteiger partial charge on any atom is -0.496 e. The normalized spacial score (nSPS) is 14.5. The van der Waals surface area contributed by atoms with Crippen molar-refractivity contribution in [3.8, 4) is 16.9 Å². The van der Waals surface area contributed by atoms with Crippen molar-refractivity contribution < 1.29 is 4.74 Å². The molecule has 31 heavy (non-hydrogen) atoms. The van der Waals surface area contributed by atoms with Crippen LogP contribution in [0.4, 0.5) is 11.4 Å². The smallest absolute Gasteiger partial charge is 0.125 e. The van der Waals surface area contributed by atoms with Crippen LogP contribution in [0.2, 0.25) is 0 Å². The molecule has 0 atom stereocenters. The lowest BCUT2D eigenvalue weighted by Crippen LogP contribution is -2.26. The predicted molar refractivity (Wildman–Crippen MR) is 125 cm³/mol. The van der Waals surface area contributed by atoms with Crippen LogP contribution in [-0.4, -0.2) is 46.9 Å². The van der Waals surface area contributed by atoms with Crippen molar-refractivity contribution in [1.29, 1.82) is 0 Å². The lowest BCUT2D eigenvalue weighted by Gasteiger charge is -2.26. The van der Waals surface area contributed by atoms with Gasteiger partial charge in [-0.05, 0) is 55.9 Å². The monoisotopic (exact) mass is 413 g/mol. The zero-order valence-corrected chi connectivity index (χ0v) is 18.5. The summed E-state index contributed by atoms with van der Waals surface area (Å²) in [5.41, 5.74) is 7.96. The maximum Gasteiger partial charge on any atom is 0.125 e. The van der Waals surface area contributed by atoms with Gasteiger partial charge in [0.25, 0.3) is 0 Å². The fourth-order valence-electron chi connectivity index (χ4n) is 4.37. The Morgan fingerprint density at radius 3 is 2.61 bits per heavy atom. The fraction of sp³-hybridized carbons (Fsp3) is 0.280. The number of rotatable bonds is 3. The summed E-state index contributed by atoms with van der Waals surface area (Å²) in [6, 6.07) is 13.1. The van der Waals surface area contributed by atoms with Crippen molar-refractivity contribution in [2.45, 2.75) is 13.5 Å². The number of nitrogens with zero attached hydrogens (tertiary/aromatic N) is 5. The van der Waals surface area contributed by atoms with E-state index >= 15 is 0 Å². The second kappa shape index (κ2) is 7.71. The highest BCUT2D eigenvalue weighted by atomic mass is 16.5. The minimum atomic E-state index is 0.871. The lowest BCUT2D eigenvalue weighted by molar-refractivity contribution is 0.333. The first kappa shape index (κ1) is 19.6. The molecule has 3 heterocycles. The Morgan fingerprint density at radius 2 is 1.84 bits per heavy atom. The van der Waals surface area contributed by atoms with Crippen molar-refractivity contribution in [2.24, 2.45) is 7.05 Å². The molecule has 0 saturated heterocycles. The number of hydrogen-bond acceptors (Lipinski definition) is 5. The Bertz CT molecular complexity index is 1260. The summed E-state index contributed by atoms with van der Waals surface area (Å²) in [4.78, 5) is 9.44. The molecule has 158 valence electrons. The fourth-order valence-corrected chi connectivity index (χ4v) is 4.37. The van der Waals surface area contributed by atoms with Crippen LogP contribution >= 0.6 is 0 Å². The molecule has 0 bridgehead atoms. The van der Waals surface area contributed by atoms with Gasteiger partial charge in [-0.3, -0.25) is 9.67 Å². The molecule has 0 fully saturated rings. The molecule has 6 heteroatoms. The summed E-state index contributed by atoms with van der Waals surface area (Å²) in [6.07, 6.45) is 5.81. The second-order valence-corrected chi connectivity index (χ2v) is 8.36. The molecule has 4 aromatic rings. The second-order valence-electron chi connectivity index (χ2n) is 8.36. The number of hydrogen-bond donors (Lipinski definition) is 0. The van der Waals surface area contributed by atoms with E-state index in [1.54, 1.807) is 7.11 Å². The number of fused-ring (bicyclic) bond motifs is 2. The Kier molecular flexibility index (Phi) is 4.87. The molecule has 0 amide bonds. The summed E-state index contributed by atoms with van der Waals surface area (Å²) < 4.78 is 7.56. The van der Waals surface area contributed by atoms with Gasteiger partial charge in [0.05, 0.1) is 18.8 Å². The standard InChI is InChI=1S/C25H27N5O/c1-17-9-24-22(25(10-17)31-4)16-28(2)7-8-30(24)21-5-6-23-18(12-21)11-19(13-26-23)20-14-27-29(3)15-20/h5-6,9-15H,7-8,16H2,1-4H3. The molecule has 2 aromatic carbocycles. The molecular weight excluding hydrogens is 386 g/mol. The SMILES string of the molecule is COc1cc(C)cc2c1CN(C)CCN2c1ccc2ncc(-c3cnn(C)c3)cc2c1. The molecule has 0 aliphatic carbocycles. The van der Waals surface area contributed by atoms with Crippen LogP contribution in [0, 0.1) is 6.92 Å². The molecule has 0 spiro atoms.